The van der Waals surface area contributed by atoms with E-state index in [-0.39, 0.29) is 23.3 Å². The van der Waals surface area contributed by atoms with E-state index in [9.17, 15) is 8.78 Å². The fraction of sp³-hybridized carbons (Fsp3) is 0.538. The third-order valence-electron chi connectivity index (χ3n) is 3.01. The van der Waals surface area contributed by atoms with Crippen molar-refractivity contribution in [2.45, 2.75) is 26.4 Å². The average molecular weight is 262 g/mol. The summed E-state index contributed by atoms with van der Waals surface area (Å²) in [6.45, 7) is 4.17. The Balaban J connectivity index is 2.73. The second kappa shape index (κ2) is 6.31. The van der Waals surface area contributed by atoms with Crippen LogP contribution in [0, 0.1) is 17.7 Å². The Hall–Kier alpha value is -0.670. The van der Waals surface area contributed by atoms with Gasteiger partial charge in [-0.2, -0.15) is 0 Å². The van der Waals surface area contributed by atoms with Crippen LogP contribution in [0.15, 0.2) is 18.2 Å². The normalized spacial score (nSPS) is 15.0. The van der Waals surface area contributed by atoms with Gasteiger partial charge in [0, 0.05) is 12.3 Å². The minimum Gasteiger partial charge on any atom is -0.330 e. The second-order valence-electron chi connectivity index (χ2n) is 4.61. The first-order chi connectivity index (χ1) is 7.95. The highest BCUT2D eigenvalue weighted by atomic mass is 35.5. The molecule has 0 aliphatic heterocycles. The van der Waals surface area contributed by atoms with Crippen molar-refractivity contribution < 1.29 is 8.78 Å². The Kier molecular flexibility index (Phi) is 5.34. The highest BCUT2D eigenvalue weighted by Gasteiger charge is 2.23. The molecule has 2 atom stereocenters. The fourth-order valence-electron chi connectivity index (χ4n) is 1.88. The van der Waals surface area contributed by atoms with E-state index < -0.39 is 12.0 Å². The number of halogens is 3. The summed E-state index contributed by atoms with van der Waals surface area (Å²) in [4.78, 5) is 0. The molecule has 0 heterocycles. The summed E-state index contributed by atoms with van der Waals surface area (Å²) in [5.74, 6) is -0.536. The van der Waals surface area contributed by atoms with Crippen LogP contribution in [0.4, 0.5) is 8.78 Å². The van der Waals surface area contributed by atoms with E-state index in [1.54, 1.807) is 6.07 Å². The van der Waals surface area contributed by atoms with Gasteiger partial charge in [-0.1, -0.05) is 31.5 Å². The van der Waals surface area contributed by atoms with Gasteiger partial charge in [0.15, 0.2) is 0 Å². The molecule has 0 aromatic heterocycles. The lowest BCUT2D eigenvalue weighted by atomic mass is 9.88. The van der Waals surface area contributed by atoms with Crippen molar-refractivity contribution in [1.29, 1.82) is 0 Å². The number of alkyl halides is 1. The van der Waals surface area contributed by atoms with E-state index >= 15 is 0 Å². The molecule has 17 heavy (non-hydrogen) atoms. The van der Waals surface area contributed by atoms with Crippen LogP contribution < -0.4 is 5.73 Å². The van der Waals surface area contributed by atoms with E-state index in [4.69, 9.17) is 17.3 Å². The summed E-state index contributed by atoms with van der Waals surface area (Å²) >= 11 is 5.57. The predicted octanol–water partition coefficient (Wildman–Crippen LogP) is 3.59. The van der Waals surface area contributed by atoms with Crippen molar-refractivity contribution in [3.8, 4) is 0 Å². The summed E-state index contributed by atoms with van der Waals surface area (Å²) in [5.41, 5.74) is 6.16. The van der Waals surface area contributed by atoms with E-state index in [0.29, 0.717) is 12.1 Å². The van der Waals surface area contributed by atoms with Gasteiger partial charge < -0.3 is 5.73 Å². The molecule has 0 bridgehead atoms. The number of hydrogen-bond donors (Lipinski definition) is 1. The molecule has 1 aromatic rings. The molecule has 0 spiro atoms. The first-order valence-electron chi connectivity index (χ1n) is 5.73. The van der Waals surface area contributed by atoms with Crippen molar-refractivity contribution in [2.24, 2.45) is 17.6 Å². The van der Waals surface area contributed by atoms with E-state index in [0.717, 1.165) is 0 Å². The average Bonchev–Trinajstić information content (AvgIpc) is 2.24. The van der Waals surface area contributed by atoms with Gasteiger partial charge in [0.05, 0.1) is 5.02 Å². The maximum absolute atomic E-state index is 14.0. The summed E-state index contributed by atoms with van der Waals surface area (Å²) in [7, 11) is 0. The van der Waals surface area contributed by atoms with Gasteiger partial charge in [0.25, 0.3) is 0 Å². The zero-order chi connectivity index (χ0) is 13.0. The minimum atomic E-state index is -1.06. The van der Waals surface area contributed by atoms with Gasteiger partial charge in [0.1, 0.15) is 12.0 Å². The van der Waals surface area contributed by atoms with Crippen molar-refractivity contribution in [3.05, 3.63) is 34.6 Å². The Morgan fingerprint density at radius 3 is 2.47 bits per heavy atom. The smallest absolute Gasteiger partial charge is 0.142 e. The zero-order valence-electron chi connectivity index (χ0n) is 10.1. The Morgan fingerprint density at radius 2 is 2.00 bits per heavy atom. The molecule has 0 radical (unpaired) electrons. The second-order valence-corrected chi connectivity index (χ2v) is 5.02. The summed E-state index contributed by atoms with van der Waals surface area (Å²) in [6, 6.07) is 4.38. The Labute approximate surface area is 106 Å². The molecule has 0 fully saturated rings. The third kappa shape index (κ3) is 3.93. The molecule has 0 aliphatic rings. The monoisotopic (exact) mass is 261 g/mol. The van der Waals surface area contributed by atoms with Crippen molar-refractivity contribution in [2.75, 3.05) is 6.54 Å². The van der Waals surface area contributed by atoms with Crippen LogP contribution in [0.2, 0.25) is 5.02 Å². The van der Waals surface area contributed by atoms with E-state index in [1.165, 1.54) is 12.1 Å². The topological polar surface area (TPSA) is 26.0 Å². The third-order valence-corrected chi connectivity index (χ3v) is 3.31. The molecular weight excluding hydrogens is 244 g/mol. The van der Waals surface area contributed by atoms with Crippen LogP contribution in [-0.2, 0) is 6.42 Å². The van der Waals surface area contributed by atoms with Gasteiger partial charge in [-0.25, -0.2) is 8.78 Å². The highest BCUT2D eigenvalue weighted by molar-refractivity contribution is 6.30. The van der Waals surface area contributed by atoms with Crippen LogP contribution in [0.3, 0.4) is 0 Å². The van der Waals surface area contributed by atoms with Gasteiger partial charge in [-0.15, -0.1) is 0 Å². The van der Waals surface area contributed by atoms with Crippen molar-refractivity contribution in [1.82, 2.24) is 0 Å². The lowest BCUT2D eigenvalue weighted by Crippen LogP contribution is -2.30. The molecular formula is C13H18ClF2N. The summed E-state index contributed by atoms with van der Waals surface area (Å²) in [5, 5.41) is 0.0587. The molecule has 4 heteroatoms. The number of nitrogens with two attached hydrogens (primary N) is 1. The maximum atomic E-state index is 14.0. The quantitative estimate of drug-likeness (QED) is 0.861. The molecule has 2 unspecified atom stereocenters. The largest absolute Gasteiger partial charge is 0.330 e. The van der Waals surface area contributed by atoms with Gasteiger partial charge in [0.2, 0.25) is 0 Å². The Bertz CT molecular complexity index is 368. The molecule has 0 saturated heterocycles. The lowest BCUT2D eigenvalue weighted by molar-refractivity contribution is 0.185. The first kappa shape index (κ1) is 14.4. The van der Waals surface area contributed by atoms with Crippen LogP contribution in [0.25, 0.3) is 0 Å². The molecule has 1 nitrogen and oxygen atoms in total. The standard InChI is InChI=1S/C13H18ClF2N/c1-8(2)10(7-17)12(15)5-9-3-4-11(14)13(16)6-9/h3-4,6,8,10,12H,5,7,17H2,1-2H3. The maximum Gasteiger partial charge on any atom is 0.142 e. The highest BCUT2D eigenvalue weighted by Crippen LogP contribution is 2.22. The fourth-order valence-corrected chi connectivity index (χ4v) is 2.00. The Morgan fingerprint density at radius 1 is 1.35 bits per heavy atom. The van der Waals surface area contributed by atoms with Crippen LogP contribution >= 0.6 is 11.6 Å². The lowest BCUT2D eigenvalue weighted by Gasteiger charge is -2.23. The van der Waals surface area contributed by atoms with Crippen molar-refractivity contribution >= 4 is 11.6 Å². The number of rotatable bonds is 5. The minimum absolute atomic E-state index is 0.0587. The zero-order valence-corrected chi connectivity index (χ0v) is 10.8. The molecule has 1 rings (SSSR count). The molecule has 1 aromatic carbocycles. The summed E-state index contributed by atoms with van der Waals surface area (Å²) < 4.78 is 27.2. The molecule has 0 aliphatic carbocycles. The van der Waals surface area contributed by atoms with E-state index in [1.807, 2.05) is 13.8 Å². The number of hydrogen-bond acceptors (Lipinski definition) is 1. The SMILES string of the molecule is CC(C)C(CN)C(F)Cc1ccc(Cl)c(F)c1. The molecule has 0 saturated carbocycles. The van der Waals surface area contributed by atoms with Crippen LogP contribution in [0.1, 0.15) is 19.4 Å². The molecule has 2 N–H and O–H groups in total. The van der Waals surface area contributed by atoms with E-state index in [2.05, 4.69) is 0 Å². The first-order valence-corrected chi connectivity index (χ1v) is 6.11. The molecule has 96 valence electrons. The van der Waals surface area contributed by atoms with Gasteiger partial charge in [-0.3, -0.25) is 0 Å². The molecule has 0 amide bonds. The predicted molar refractivity (Wildman–Crippen MR) is 67.4 cm³/mol. The van der Waals surface area contributed by atoms with Crippen LogP contribution in [0.5, 0.6) is 0 Å². The van der Waals surface area contributed by atoms with Crippen molar-refractivity contribution in [3.63, 3.8) is 0 Å². The van der Waals surface area contributed by atoms with Gasteiger partial charge >= 0.3 is 0 Å². The van der Waals surface area contributed by atoms with Crippen LogP contribution in [-0.4, -0.2) is 12.7 Å². The number of benzene rings is 1. The summed E-state index contributed by atoms with van der Waals surface area (Å²) in [6.07, 6.45) is -0.880. The van der Waals surface area contributed by atoms with Gasteiger partial charge in [-0.05, 0) is 30.2 Å².